The van der Waals surface area contributed by atoms with Gasteiger partial charge in [-0.3, -0.25) is 14.4 Å². The molecule has 3 amide bonds. The van der Waals surface area contributed by atoms with Gasteiger partial charge in [0, 0.05) is 37.2 Å². The number of rotatable bonds is 5. The monoisotopic (exact) mass is 523 g/mol. The third-order valence-corrected chi connectivity index (χ3v) is 8.69. The van der Waals surface area contributed by atoms with Gasteiger partial charge >= 0.3 is 0 Å². The summed E-state index contributed by atoms with van der Waals surface area (Å²) in [5, 5.41) is 17.2. The van der Waals surface area contributed by atoms with E-state index in [1.807, 2.05) is 6.07 Å². The number of nitrogens with one attached hydrogen (secondary N) is 3. The number of hydrogen-bond acceptors (Lipinski definition) is 5. The summed E-state index contributed by atoms with van der Waals surface area (Å²) in [6, 6.07) is 1.56. The van der Waals surface area contributed by atoms with Crippen LogP contribution in [0.5, 0.6) is 0 Å². The van der Waals surface area contributed by atoms with Gasteiger partial charge < -0.3 is 20.5 Å². The van der Waals surface area contributed by atoms with Crippen molar-refractivity contribution in [3.05, 3.63) is 22.2 Å². The number of halogens is 3. The van der Waals surface area contributed by atoms with Crippen molar-refractivity contribution in [2.45, 2.75) is 50.1 Å². The minimum atomic E-state index is -2.90. The number of amides is 3. The fourth-order valence-corrected chi connectivity index (χ4v) is 6.89. The lowest BCUT2D eigenvalue weighted by Gasteiger charge is -2.29. The van der Waals surface area contributed by atoms with Gasteiger partial charge in [-0.1, -0.05) is 11.6 Å². The first-order chi connectivity index (χ1) is 16.7. The molecular weight excluding hydrogens is 500 g/mol. The molecule has 4 heterocycles. The fourth-order valence-electron chi connectivity index (χ4n) is 5.74. The van der Waals surface area contributed by atoms with E-state index in [0.717, 1.165) is 11.1 Å². The lowest BCUT2D eigenvalue weighted by molar-refractivity contribution is -0.129. The average Bonchev–Trinajstić information content (AvgIpc) is 3.54. The van der Waals surface area contributed by atoms with E-state index in [4.69, 9.17) is 11.6 Å². The number of nitrogens with zero attached hydrogens (tertiary/aromatic N) is 2. The highest BCUT2D eigenvalue weighted by molar-refractivity contribution is 7.17. The van der Waals surface area contributed by atoms with E-state index < -0.39 is 54.0 Å². The maximum absolute atomic E-state index is 14.2. The molecule has 1 aliphatic carbocycles. The smallest absolute Gasteiger partial charge is 0.271 e. The Hall–Kier alpha value is -2.71. The number of H-pyrrole nitrogens is 1. The molecule has 8 nitrogen and oxygen atoms in total. The van der Waals surface area contributed by atoms with Crippen LogP contribution in [0.15, 0.2) is 11.4 Å². The van der Waals surface area contributed by atoms with Crippen molar-refractivity contribution >= 4 is 50.9 Å². The molecule has 35 heavy (non-hydrogen) atoms. The molecule has 0 aromatic carbocycles. The van der Waals surface area contributed by atoms with Crippen LogP contribution >= 0.6 is 22.9 Å². The quantitative estimate of drug-likeness (QED) is 0.557. The predicted molar refractivity (Wildman–Crippen MR) is 125 cm³/mol. The van der Waals surface area contributed by atoms with Crippen LogP contribution in [0.4, 0.5) is 8.78 Å². The highest BCUT2D eigenvalue weighted by Crippen LogP contribution is 2.50. The predicted octanol–water partition coefficient (Wildman–Crippen LogP) is 3.29. The van der Waals surface area contributed by atoms with E-state index >= 15 is 0 Å². The standard InChI is InChI=1S/C23H24ClF2N5O3S/c24-15-10-35-17-5-16(30-18(15)17)22(34)31-9-12-6-23(25,26)7-14(12)19(31)21(33)29-13(8-27)4-11-2-1-3-28-20(11)32/h5,10-14,19,30H,1-4,6-7,9H2,(H,28,32)(H,29,33)/t11-,12+,13-,14+,19-/m1/s1. The highest BCUT2D eigenvalue weighted by atomic mass is 35.5. The molecule has 2 aromatic rings. The van der Waals surface area contributed by atoms with Crippen LogP contribution in [0.25, 0.3) is 10.2 Å². The normalized spacial score (nSPS) is 28.4. The van der Waals surface area contributed by atoms with Crippen molar-refractivity contribution in [3.8, 4) is 6.07 Å². The molecule has 5 rings (SSSR count). The second-order valence-corrected chi connectivity index (χ2v) is 11.0. The number of nitriles is 1. The molecule has 3 aliphatic rings. The fraction of sp³-hybridized carbons (Fsp3) is 0.565. The Labute approximate surface area is 209 Å². The van der Waals surface area contributed by atoms with Crippen LogP contribution in [0.3, 0.4) is 0 Å². The van der Waals surface area contributed by atoms with Crippen molar-refractivity contribution < 1.29 is 23.2 Å². The zero-order valence-corrected chi connectivity index (χ0v) is 20.2. The molecule has 186 valence electrons. The third-order valence-electron chi connectivity index (χ3n) is 7.33. The summed E-state index contributed by atoms with van der Waals surface area (Å²) in [7, 11) is 0. The average molecular weight is 524 g/mol. The maximum Gasteiger partial charge on any atom is 0.271 e. The number of carbonyl (C=O) groups is 3. The molecule has 3 fully saturated rings. The number of alkyl halides is 2. The molecular formula is C23H24ClF2N5O3S. The van der Waals surface area contributed by atoms with Crippen LogP contribution in [0, 0.1) is 29.1 Å². The molecule has 2 saturated heterocycles. The van der Waals surface area contributed by atoms with Crippen LogP contribution in [0.1, 0.15) is 42.6 Å². The molecule has 1 saturated carbocycles. The minimum absolute atomic E-state index is 0.0276. The summed E-state index contributed by atoms with van der Waals surface area (Å²) < 4.78 is 29.2. The summed E-state index contributed by atoms with van der Waals surface area (Å²) in [6.07, 6.45) is 0.639. The number of thiophene rings is 1. The summed E-state index contributed by atoms with van der Waals surface area (Å²) in [5.41, 5.74) is 0.844. The first-order valence-corrected chi connectivity index (χ1v) is 12.8. The van der Waals surface area contributed by atoms with Gasteiger partial charge in [0.1, 0.15) is 17.8 Å². The van der Waals surface area contributed by atoms with Gasteiger partial charge in [0.15, 0.2) is 0 Å². The Balaban J connectivity index is 1.37. The van der Waals surface area contributed by atoms with E-state index in [-0.39, 0.29) is 31.0 Å². The molecule has 0 spiro atoms. The summed E-state index contributed by atoms with van der Waals surface area (Å²) in [6.45, 7) is 0.608. The van der Waals surface area contributed by atoms with E-state index in [2.05, 4.69) is 15.6 Å². The number of carbonyl (C=O) groups excluding carboxylic acids is 3. The van der Waals surface area contributed by atoms with Crippen LogP contribution in [-0.2, 0) is 9.59 Å². The lowest BCUT2D eigenvalue weighted by Crippen LogP contribution is -2.52. The van der Waals surface area contributed by atoms with Crippen molar-refractivity contribution in [3.63, 3.8) is 0 Å². The van der Waals surface area contributed by atoms with Crippen molar-refractivity contribution in [1.82, 2.24) is 20.5 Å². The Bertz CT molecular complexity index is 1220. The number of likely N-dealkylation sites (tertiary alicyclic amines) is 1. The van der Waals surface area contributed by atoms with Crippen LogP contribution in [0.2, 0.25) is 5.02 Å². The number of piperidine rings is 1. The van der Waals surface area contributed by atoms with E-state index in [1.54, 1.807) is 11.4 Å². The molecule has 3 N–H and O–H groups in total. The molecule has 12 heteroatoms. The number of hydrogen-bond donors (Lipinski definition) is 3. The van der Waals surface area contributed by atoms with Gasteiger partial charge in [-0.2, -0.15) is 5.26 Å². The van der Waals surface area contributed by atoms with E-state index in [9.17, 15) is 28.4 Å². The molecule has 2 aromatic heterocycles. The molecule has 2 aliphatic heterocycles. The Kier molecular flexibility index (Phi) is 6.21. The summed E-state index contributed by atoms with van der Waals surface area (Å²) in [4.78, 5) is 43.2. The summed E-state index contributed by atoms with van der Waals surface area (Å²) >= 11 is 7.52. The highest BCUT2D eigenvalue weighted by Gasteiger charge is 2.58. The second kappa shape index (κ2) is 9.06. The second-order valence-electron chi connectivity index (χ2n) is 9.65. The molecule has 0 bridgehead atoms. The molecule has 0 radical (unpaired) electrons. The number of fused-ring (bicyclic) bond motifs is 2. The van der Waals surface area contributed by atoms with Crippen molar-refractivity contribution in [2.75, 3.05) is 13.1 Å². The van der Waals surface area contributed by atoms with Gasteiger partial charge in [-0.15, -0.1) is 11.3 Å². The molecule has 0 unspecified atom stereocenters. The largest absolute Gasteiger partial charge is 0.356 e. The SMILES string of the molecule is N#C[C@@H](C[C@H]1CCCNC1=O)NC(=O)[C@H]1[C@H]2CC(F)(F)C[C@H]2CN1C(=O)c1cc2scc(Cl)c2[nH]1. The van der Waals surface area contributed by atoms with Gasteiger partial charge in [0.25, 0.3) is 5.91 Å². The van der Waals surface area contributed by atoms with Crippen molar-refractivity contribution in [2.24, 2.45) is 17.8 Å². The van der Waals surface area contributed by atoms with E-state index in [1.165, 1.54) is 16.2 Å². The topological polar surface area (TPSA) is 118 Å². The first-order valence-electron chi connectivity index (χ1n) is 11.6. The molecule has 5 atom stereocenters. The zero-order valence-electron chi connectivity index (χ0n) is 18.7. The lowest BCUT2D eigenvalue weighted by atomic mass is 9.90. The maximum atomic E-state index is 14.2. The Morgan fingerprint density at radius 1 is 1.40 bits per heavy atom. The van der Waals surface area contributed by atoms with Gasteiger partial charge in [-0.25, -0.2) is 8.78 Å². The number of aromatic amines is 1. The zero-order chi connectivity index (χ0) is 24.9. The number of aromatic nitrogens is 1. The first kappa shape index (κ1) is 24.0. The summed E-state index contributed by atoms with van der Waals surface area (Å²) in [5.74, 6) is -5.82. The Morgan fingerprint density at radius 3 is 2.91 bits per heavy atom. The van der Waals surface area contributed by atoms with E-state index in [0.29, 0.717) is 23.5 Å². The van der Waals surface area contributed by atoms with Gasteiger partial charge in [-0.05, 0) is 37.2 Å². The third kappa shape index (κ3) is 4.49. The van der Waals surface area contributed by atoms with Gasteiger partial charge in [0.2, 0.25) is 17.7 Å². The van der Waals surface area contributed by atoms with Gasteiger partial charge in [0.05, 0.1) is 21.3 Å². The Morgan fingerprint density at radius 2 is 2.20 bits per heavy atom. The van der Waals surface area contributed by atoms with Crippen LogP contribution in [-0.4, -0.2) is 58.7 Å². The minimum Gasteiger partial charge on any atom is -0.356 e. The van der Waals surface area contributed by atoms with Crippen molar-refractivity contribution in [1.29, 1.82) is 5.26 Å². The van der Waals surface area contributed by atoms with Crippen LogP contribution < -0.4 is 10.6 Å².